The molecule has 4 nitrogen and oxygen atoms in total. The number of rotatable bonds is 3. The average Bonchev–Trinajstić information content (AvgIpc) is 2.99. The van der Waals surface area contributed by atoms with Crippen LogP contribution in [0.15, 0.2) is 35.2 Å². The lowest BCUT2D eigenvalue weighted by Gasteiger charge is -2.27. The van der Waals surface area contributed by atoms with Crippen LogP contribution in [0.3, 0.4) is 0 Å². The molecule has 0 radical (unpaired) electrons. The molecule has 0 saturated heterocycles. The van der Waals surface area contributed by atoms with Gasteiger partial charge in [-0.3, -0.25) is 0 Å². The zero-order valence-electron chi connectivity index (χ0n) is 13.1. The van der Waals surface area contributed by atoms with Gasteiger partial charge >= 0.3 is 0 Å². The molecule has 3 aromatic rings. The molecule has 5 heteroatoms. The first-order chi connectivity index (χ1) is 11.3. The number of halogens is 1. The average molecular weight is 371 g/mol. The Kier molecular flexibility index (Phi) is 3.81. The Hall–Kier alpha value is -1.88. The monoisotopic (exact) mass is 370 g/mol. The smallest absolute Gasteiger partial charge is 0.143 e. The molecule has 1 aromatic carbocycles. The van der Waals surface area contributed by atoms with E-state index in [0.717, 1.165) is 40.6 Å². The summed E-state index contributed by atoms with van der Waals surface area (Å²) < 4.78 is 1.13. The van der Waals surface area contributed by atoms with Gasteiger partial charge in [-0.15, -0.1) is 0 Å². The highest BCUT2D eigenvalue weighted by Crippen LogP contribution is 2.35. The Balaban J connectivity index is 1.75. The summed E-state index contributed by atoms with van der Waals surface area (Å²) in [6.45, 7) is 2.16. The van der Waals surface area contributed by atoms with E-state index in [0.29, 0.717) is 6.04 Å². The molecule has 0 amide bonds. The van der Waals surface area contributed by atoms with Crippen LogP contribution < -0.4 is 5.32 Å². The Morgan fingerprint density at radius 3 is 3.13 bits per heavy atom. The van der Waals surface area contributed by atoms with Gasteiger partial charge < -0.3 is 10.3 Å². The predicted molar refractivity (Wildman–Crippen MR) is 96.7 cm³/mol. The maximum Gasteiger partial charge on any atom is 0.143 e. The van der Waals surface area contributed by atoms with Crippen LogP contribution in [0.25, 0.3) is 11.0 Å². The summed E-state index contributed by atoms with van der Waals surface area (Å²) in [7, 11) is 0. The van der Waals surface area contributed by atoms with Crippen molar-refractivity contribution in [3.8, 4) is 0 Å². The summed E-state index contributed by atoms with van der Waals surface area (Å²) in [5.41, 5.74) is 4.98. The van der Waals surface area contributed by atoms with Crippen molar-refractivity contribution in [1.29, 1.82) is 0 Å². The van der Waals surface area contributed by atoms with Crippen molar-refractivity contribution < 1.29 is 0 Å². The van der Waals surface area contributed by atoms with Crippen LogP contribution in [-0.4, -0.2) is 15.0 Å². The van der Waals surface area contributed by atoms with Gasteiger partial charge in [-0.05, 0) is 54.5 Å². The first-order valence-electron chi connectivity index (χ1n) is 8.12. The minimum atomic E-state index is 0.300. The van der Waals surface area contributed by atoms with Gasteiger partial charge in [0.1, 0.15) is 17.8 Å². The molecule has 0 fully saturated rings. The van der Waals surface area contributed by atoms with Crippen LogP contribution in [0.2, 0.25) is 0 Å². The highest BCUT2D eigenvalue weighted by atomic mass is 79.9. The van der Waals surface area contributed by atoms with E-state index in [2.05, 4.69) is 61.3 Å². The Labute approximate surface area is 143 Å². The highest BCUT2D eigenvalue weighted by molar-refractivity contribution is 9.10. The number of hydrogen-bond donors (Lipinski definition) is 2. The van der Waals surface area contributed by atoms with Crippen molar-refractivity contribution in [2.45, 2.75) is 38.6 Å². The van der Waals surface area contributed by atoms with Gasteiger partial charge in [-0.1, -0.05) is 28.9 Å². The molecule has 1 aliphatic rings. The van der Waals surface area contributed by atoms with E-state index in [-0.39, 0.29) is 0 Å². The number of nitrogens with zero attached hydrogens (tertiary/aromatic N) is 2. The first kappa shape index (κ1) is 14.7. The normalized spacial score (nSPS) is 17.2. The van der Waals surface area contributed by atoms with Crippen molar-refractivity contribution in [2.75, 3.05) is 5.32 Å². The van der Waals surface area contributed by atoms with Crippen molar-refractivity contribution in [1.82, 2.24) is 15.0 Å². The van der Waals surface area contributed by atoms with E-state index in [1.807, 2.05) is 6.20 Å². The number of aryl methyl sites for hydroxylation is 2. The largest absolute Gasteiger partial charge is 0.363 e. The Morgan fingerprint density at radius 1 is 1.35 bits per heavy atom. The molecular weight excluding hydrogens is 352 g/mol. The molecule has 23 heavy (non-hydrogen) atoms. The lowest BCUT2D eigenvalue weighted by molar-refractivity contribution is 0.598. The standard InChI is InChI=1S/C18H19BrN4/c1-2-11-9-20-17-16(11)18(22-10-21-17)23-15-5-3-4-12-6-7-13(19)8-14(12)15/h6-10,15H,2-5H2,1H3,(H2,20,21,22,23). The number of aromatic nitrogens is 3. The van der Waals surface area contributed by atoms with Crippen molar-refractivity contribution in [3.05, 3.63) is 51.9 Å². The minimum Gasteiger partial charge on any atom is -0.363 e. The number of aromatic amines is 1. The van der Waals surface area contributed by atoms with Gasteiger partial charge in [0.25, 0.3) is 0 Å². The molecule has 0 aliphatic heterocycles. The second-order valence-electron chi connectivity index (χ2n) is 6.05. The number of benzene rings is 1. The highest BCUT2D eigenvalue weighted by Gasteiger charge is 2.22. The second-order valence-corrected chi connectivity index (χ2v) is 6.96. The lowest BCUT2D eigenvalue weighted by atomic mass is 9.87. The first-order valence-corrected chi connectivity index (χ1v) is 8.91. The van der Waals surface area contributed by atoms with Gasteiger partial charge in [-0.25, -0.2) is 9.97 Å². The summed E-state index contributed by atoms with van der Waals surface area (Å²) in [5, 5.41) is 4.80. The third-order valence-corrected chi connectivity index (χ3v) is 5.16. The fourth-order valence-corrected chi connectivity index (χ4v) is 3.88. The van der Waals surface area contributed by atoms with Crippen LogP contribution in [0.5, 0.6) is 0 Å². The zero-order chi connectivity index (χ0) is 15.8. The van der Waals surface area contributed by atoms with Crippen LogP contribution in [0, 0.1) is 0 Å². The van der Waals surface area contributed by atoms with Gasteiger partial charge in [0.15, 0.2) is 0 Å². The van der Waals surface area contributed by atoms with Gasteiger partial charge in [0, 0.05) is 10.7 Å². The lowest BCUT2D eigenvalue weighted by Crippen LogP contribution is -2.18. The molecule has 2 N–H and O–H groups in total. The maximum atomic E-state index is 4.52. The van der Waals surface area contributed by atoms with Crippen LogP contribution in [0.4, 0.5) is 5.82 Å². The van der Waals surface area contributed by atoms with Crippen molar-refractivity contribution >= 4 is 32.8 Å². The molecule has 1 atom stereocenters. The number of hydrogen-bond acceptors (Lipinski definition) is 3. The van der Waals surface area contributed by atoms with Crippen molar-refractivity contribution in [3.63, 3.8) is 0 Å². The van der Waals surface area contributed by atoms with E-state index in [9.17, 15) is 0 Å². The molecule has 0 spiro atoms. The van der Waals surface area contributed by atoms with E-state index < -0.39 is 0 Å². The van der Waals surface area contributed by atoms with E-state index in [1.54, 1.807) is 6.33 Å². The molecule has 2 heterocycles. The molecule has 0 bridgehead atoms. The third kappa shape index (κ3) is 2.63. The molecular formula is C18H19BrN4. The molecule has 0 saturated carbocycles. The number of anilines is 1. The number of fused-ring (bicyclic) bond motifs is 2. The molecule has 1 unspecified atom stereocenters. The summed E-state index contributed by atoms with van der Waals surface area (Å²) in [6, 6.07) is 6.90. The zero-order valence-corrected chi connectivity index (χ0v) is 14.7. The fraction of sp³-hybridized carbons (Fsp3) is 0.333. The van der Waals surface area contributed by atoms with Crippen molar-refractivity contribution in [2.24, 2.45) is 0 Å². The molecule has 1 aliphatic carbocycles. The van der Waals surface area contributed by atoms with Crippen LogP contribution in [0.1, 0.15) is 42.5 Å². The summed E-state index contributed by atoms with van der Waals surface area (Å²) in [5.74, 6) is 0.936. The van der Waals surface area contributed by atoms with Gasteiger partial charge in [0.05, 0.1) is 11.4 Å². The topological polar surface area (TPSA) is 53.6 Å². The Bertz CT molecular complexity index is 855. The molecule has 118 valence electrons. The Morgan fingerprint density at radius 2 is 2.26 bits per heavy atom. The second kappa shape index (κ2) is 5.96. The molecule has 4 rings (SSSR count). The fourth-order valence-electron chi connectivity index (χ4n) is 3.50. The maximum absolute atomic E-state index is 4.52. The van der Waals surface area contributed by atoms with Gasteiger partial charge in [0.2, 0.25) is 0 Å². The molecule has 2 aromatic heterocycles. The minimum absolute atomic E-state index is 0.300. The summed E-state index contributed by atoms with van der Waals surface area (Å²) >= 11 is 3.60. The van der Waals surface area contributed by atoms with Crippen LogP contribution >= 0.6 is 15.9 Å². The number of H-pyrrole nitrogens is 1. The summed E-state index contributed by atoms with van der Waals surface area (Å²) in [4.78, 5) is 12.1. The summed E-state index contributed by atoms with van der Waals surface area (Å²) in [6.07, 6.45) is 8.12. The van der Waals surface area contributed by atoms with Gasteiger partial charge in [-0.2, -0.15) is 0 Å². The quantitative estimate of drug-likeness (QED) is 0.697. The predicted octanol–water partition coefficient (Wildman–Crippen LogP) is 4.77. The van der Waals surface area contributed by atoms with E-state index in [4.69, 9.17) is 0 Å². The van der Waals surface area contributed by atoms with E-state index in [1.165, 1.54) is 23.1 Å². The third-order valence-electron chi connectivity index (χ3n) is 4.67. The SMILES string of the molecule is CCc1c[nH]c2ncnc(NC3CCCc4ccc(Br)cc43)c12. The van der Waals surface area contributed by atoms with Crippen LogP contribution in [-0.2, 0) is 12.8 Å². The van der Waals surface area contributed by atoms with E-state index >= 15 is 0 Å². The number of nitrogens with one attached hydrogen (secondary N) is 2.